The second-order valence-electron chi connectivity index (χ2n) is 2.74. The third-order valence-corrected chi connectivity index (χ3v) is 3.98. The Kier molecular flexibility index (Phi) is 3.62. The van der Waals surface area contributed by atoms with Gasteiger partial charge in [0.15, 0.2) is 0 Å². The van der Waals surface area contributed by atoms with E-state index in [1.54, 1.807) is 0 Å². The minimum atomic E-state index is -3.87. The number of carboxylic acids is 1. The first-order chi connectivity index (χ1) is 7.33. The Bertz CT molecular complexity index is 519. The maximum atomic E-state index is 11.5. The lowest BCUT2D eigenvalue weighted by atomic mass is 10.5. The van der Waals surface area contributed by atoms with Gasteiger partial charge in [-0.3, -0.25) is 4.79 Å². The minimum absolute atomic E-state index is 0.0977. The Balaban J connectivity index is 2.90. The maximum Gasteiger partial charge on any atom is 0.345 e. The summed E-state index contributed by atoms with van der Waals surface area (Å²) in [4.78, 5) is 20.6. The van der Waals surface area contributed by atoms with Crippen molar-refractivity contribution >= 4 is 33.2 Å². The molecular formula is C7H8N2O5S2. The average molecular weight is 264 g/mol. The summed E-state index contributed by atoms with van der Waals surface area (Å²) in [6, 6.07) is 1.01. The van der Waals surface area contributed by atoms with E-state index in [9.17, 15) is 18.0 Å². The molecule has 1 aromatic heterocycles. The van der Waals surface area contributed by atoms with Gasteiger partial charge in [-0.15, -0.1) is 11.3 Å². The van der Waals surface area contributed by atoms with Gasteiger partial charge in [-0.25, -0.2) is 17.9 Å². The van der Waals surface area contributed by atoms with Crippen molar-refractivity contribution in [3.05, 3.63) is 16.3 Å². The molecule has 0 saturated carbocycles. The van der Waals surface area contributed by atoms with Crippen LogP contribution in [0.1, 0.15) is 9.67 Å². The van der Waals surface area contributed by atoms with Crippen molar-refractivity contribution in [1.29, 1.82) is 0 Å². The van der Waals surface area contributed by atoms with Crippen molar-refractivity contribution in [2.45, 2.75) is 4.90 Å². The Labute approximate surface area is 94.9 Å². The van der Waals surface area contributed by atoms with Crippen molar-refractivity contribution in [3.8, 4) is 0 Å². The van der Waals surface area contributed by atoms with Gasteiger partial charge in [0, 0.05) is 5.38 Å². The number of carbonyl (C=O) groups is 2. The molecule has 1 rings (SSSR count). The quantitative estimate of drug-likeness (QED) is 0.642. The van der Waals surface area contributed by atoms with Crippen LogP contribution in [0.4, 0.5) is 0 Å². The summed E-state index contributed by atoms with van der Waals surface area (Å²) in [6.07, 6.45) is 0. The van der Waals surface area contributed by atoms with Gasteiger partial charge in [-0.05, 0) is 6.07 Å². The van der Waals surface area contributed by atoms with Gasteiger partial charge in [0.25, 0.3) is 0 Å². The van der Waals surface area contributed by atoms with Crippen LogP contribution in [-0.2, 0) is 14.8 Å². The highest BCUT2D eigenvalue weighted by molar-refractivity contribution is 7.89. The van der Waals surface area contributed by atoms with Gasteiger partial charge in [-0.2, -0.15) is 0 Å². The predicted molar refractivity (Wildman–Crippen MR) is 55.7 cm³/mol. The first kappa shape index (κ1) is 12.6. The minimum Gasteiger partial charge on any atom is -0.477 e. The van der Waals surface area contributed by atoms with E-state index in [2.05, 4.69) is 0 Å². The number of carbonyl (C=O) groups excluding carboxylic acids is 1. The summed E-state index contributed by atoms with van der Waals surface area (Å²) in [7, 11) is -3.87. The van der Waals surface area contributed by atoms with Gasteiger partial charge in [0.05, 0.1) is 11.4 Å². The van der Waals surface area contributed by atoms with E-state index in [0.29, 0.717) is 0 Å². The van der Waals surface area contributed by atoms with Gasteiger partial charge < -0.3 is 10.8 Å². The van der Waals surface area contributed by atoms with Crippen LogP contribution in [0.15, 0.2) is 16.3 Å². The summed E-state index contributed by atoms with van der Waals surface area (Å²) >= 11 is 0.784. The Morgan fingerprint density at radius 2 is 2.12 bits per heavy atom. The monoisotopic (exact) mass is 264 g/mol. The molecule has 9 heteroatoms. The number of aromatic carboxylic acids is 1. The van der Waals surface area contributed by atoms with Crippen molar-refractivity contribution in [1.82, 2.24) is 4.72 Å². The lowest BCUT2D eigenvalue weighted by Crippen LogP contribution is -2.33. The molecule has 0 fully saturated rings. The van der Waals surface area contributed by atoms with E-state index in [1.807, 2.05) is 4.72 Å². The first-order valence-corrected chi connectivity index (χ1v) is 6.29. The molecule has 0 atom stereocenters. The average Bonchev–Trinajstić information content (AvgIpc) is 2.64. The molecule has 0 aliphatic heterocycles. The summed E-state index contributed by atoms with van der Waals surface area (Å²) in [5.74, 6) is -2.03. The fourth-order valence-corrected chi connectivity index (χ4v) is 2.93. The fraction of sp³-hybridized carbons (Fsp3) is 0.143. The number of amides is 1. The fourth-order valence-electron chi connectivity index (χ4n) is 0.821. The number of nitrogens with one attached hydrogen (secondary N) is 1. The van der Waals surface area contributed by atoms with E-state index in [1.165, 1.54) is 5.38 Å². The number of thiophene rings is 1. The SMILES string of the molecule is NC(=O)CNS(=O)(=O)c1csc(C(=O)O)c1. The highest BCUT2D eigenvalue weighted by Crippen LogP contribution is 2.18. The standard InChI is InChI=1S/C7H8N2O5S2/c8-6(10)2-9-16(13,14)4-1-5(7(11)12)15-3-4/h1,3,9H,2H2,(H2,8,10)(H,11,12). The van der Waals surface area contributed by atoms with E-state index in [-0.39, 0.29) is 9.77 Å². The number of carboxylic acid groups (broad SMARTS) is 1. The number of nitrogens with two attached hydrogens (primary N) is 1. The van der Waals surface area contributed by atoms with Crippen molar-refractivity contribution in [3.63, 3.8) is 0 Å². The van der Waals surface area contributed by atoms with Gasteiger partial charge in [0.1, 0.15) is 4.88 Å². The number of primary amides is 1. The molecule has 0 saturated heterocycles. The third kappa shape index (κ3) is 3.02. The smallest absolute Gasteiger partial charge is 0.345 e. The molecule has 0 aliphatic carbocycles. The molecule has 88 valence electrons. The van der Waals surface area contributed by atoms with Crippen LogP contribution in [0.5, 0.6) is 0 Å². The van der Waals surface area contributed by atoms with Crippen LogP contribution in [-0.4, -0.2) is 31.9 Å². The van der Waals surface area contributed by atoms with E-state index < -0.39 is 28.4 Å². The molecule has 0 unspecified atom stereocenters. The molecule has 0 radical (unpaired) electrons. The zero-order valence-corrected chi connectivity index (χ0v) is 9.47. The molecule has 1 heterocycles. The number of rotatable bonds is 5. The number of sulfonamides is 1. The molecule has 0 aliphatic rings. The maximum absolute atomic E-state index is 11.5. The molecule has 4 N–H and O–H groups in total. The molecule has 1 amide bonds. The topological polar surface area (TPSA) is 127 Å². The zero-order chi connectivity index (χ0) is 12.3. The molecule has 16 heavy (non-hydrogen) atoms. The molecule has 0 bridgehead atoms. The second kappa shape index (κ2) is 4.60. The van der Waals surface area contributed by atoms with E-state index >= 15 is 0 Å². The van der Waals surface area contributed by atoms with Gasteiger partial charge in [0.2, 0.25) is 15.9 Å². The lowest BCUT2D eigenvalue weighted by molar-refractivity contribution is -0.116. The van der Waals surface area contributed by atoms with Crippen LogP contribution >= 0.6 is 11.3 Å². The predicted octanol–water partition coefficient (Wildman–Crippen LogP) is -0.790. The molecule has 0 spiro atoms. The highest BCUT2D eigenvalue weighted by atomic mass is 32.2. The Hall–Kier alpha value is -1.45. The van der Waals surface area contributed by atoms with Gasteiger partial charge >= 0.3 is 5.97 Å². The van der Waals surface area contributed by atoms with Crippen molar-refractivity contribution in [2.75, 3.05) is 6.54 Å². The highest BCUT2D eigenvalue weighted by Gasteiger charge is 2.18. The Morgan fingerprint density at radius 3 is 2.56 bits per heavy atom. The number of hydrogen-bond acceptors (Lipinski definition) is 5. The molecular weight excluding hydrogens is 256 g/mol. The van der Waals surface area contributed by atoms with Crippen LogP contribution in [0.3, 0.4) is 0 Å². The summed E-state index contributed by atoms with van der Waals surface area (Å²) in [5, 5.41) is 9.78. The summed E-state index contributed by atoms with van der Waals surface area (Å²) in [5.41, 5.74) is 4.77. The van der Waals surface area contributed by atoms with E-state index in [4.69, 9.17) is 10.8 Å². The Morgan fingerprint density at radius 1 is 1.50 bits per heavy atom. The largest absolute Gasteiger partial charge is 0.477 e. The van der Waals surface area contributed by atoms with Crippen LogP contribution in [0.2, 0.25) is 0 Å². The normalized spacial score (nSPS) is 11.2. The van der Waals surface area contributed by atoms with E-state index in [0.717, 1.165) is 17.4 Å². The second-order valence-corrected chi connectivity index (χ2v) is 5.42. The number of hydrogen-bond donors (Lipinski definition) is 3. The third-order valence-electron chi connectivity index (χ3n) is 1.53. The van der Waals surface area contributed by atoms with Crippen LogP contribution in [0.25, 0.3) is 0 Å². The zero-order valence-electron chi connectivity index (χ0n) is 7.84. The molecule has 0 aromatic carbocycles. The van der Waals surface area contributed by atoms with Crippen molar-refractivity contribution in [2.24, 2.45) is 5.73 Å². The van der Waals surface area contributed by atoms with Crippen LogP contribution < -0.4 is 10.5 Å². The summed E-state index contributed by atoms with van der Waals surface area (Å²) < 4.78 is 24.9. The summed E-state index contributed by atoms with van der Waals surface area (Å²) in [6.45, 7) is -0.527. The first-order valence-electron chi connectivity index (χ1n) is 3.93. The van der Waals surface area contributed by atoms with Crippen LogP contribution in [0, 0.1) is 0 Å². The van der Waals surface area contributed by atoms with Crippen molar-refractivity contribution < 1.29 is 23.1 Å². The lowest BCUT2D eigenvalue weighted by Gasteiger charge is -2.01. The van der Waals surface area contributed by atoms with Gasteiger partial charge in [-0.1, -0.05) is 0 Å². The molecule has 1 aromatic rings. The molecule has 7 nitrogen and oxygen atoms in total.